The van der Waals surface area contributed by atoms with E-state index in [1.165, 1.54) is 12.8 Å². The van der Waals surface area contributed by atoms with E-state index in [1.807, 2.05) is 35.2 Å². The largest absolute Gasteiger partial charge is 0.342 e. The first-order chi connectivity index (χ1) is 10.7. The van der Waals surface area contributed by atoms with Crippen molar-refractivity contribution in [1.29, 1.82) is 0 Å². The molecule has 0 atom stereocenters. The predicted molar refractivity (Wildman–Crippen MR) is 86.3 cm³/mol. The summed E-state index contributed by atoms with van der Waals surface area (Å²) in [6.07, 6.45) is 6.02. The van der Waals surface area contributed by atoms with Crippen LogP contribution in [-0.2, 0) is 9.59 Å². The summed E-state index contributed by atoms with van der Waals surface area (Å²) in [5.41, 5.74) is 0.844. The summed E-state index contributed by atoms with van der Waals surface area (Å²) in [7, 11) is 0. The molecule has 4 nitrogen and oxygen atoms in total. The quantitative estimate of drug-likeness (QED) is 0.932. The summed E-state index contributed by atoms with van der Waals surface area (Å²) in [4.78, 5) is 26.7. The minimum absolute atomic E-state index is 0.0211. The molecule has 1 saturated carbocycles. The number of para-hydroxylation sites is 1. The van der Waals surface area contributed by atoms with Crippen LogP contribution >= 0.6 is 0 Å². The zero-order valence-electron chi connectivity index (χ0n) is 13.0. The van der Waals surface area contributed by atoms with Crippen LogP contribution in [0.4, 0.5) is 5.69 Å². The van der Waals surface area contributed by atoms with E-state index in [-0.39, 0.29) is 17.7 Å². The SMILES string of the molecule is O=C(Nc1ccccc1)C1CCN(C(=O)C2CCCC2)CC1. The first-order valence-corrected chi connectivity index (χ1v) is 8.39. The van der Waals surface area contributed by atoms with Crippen molar-refractivity contribution in [2.75, 3.05) is 18.4 Å². The first kappa shape index (κ1) is 15.1. The zero-order chi connectivity index (χ0) is 15.4. The number of benzene rings is 1. The van der Waals surface area contributed by atoms with Gasteiger partial charge in [-0.25, -0.2) is 0 Å². The molecule has 1 aromatic carbocycles. The lowest BCUT2D eigenvalue weighted by Crippen LogP contribution is -2.43. The van der Waals surface area contributed by atoms with Gasteiger partial charge in [0, 0.05) is 30.6 Å². The number of nitrogens with one attached hydrogen (secondary N) is 1. The van der Waals surface area contributed by atoms with E-state index < -0.39 is 0 Å². The van der Waals surface area contributed by atoms with Gasteiger partial charge < -0.3 is 10.2 Å². The van der Waals surface area contributed by atoms with Crippen molar-refractivity contribution in [2.24, 2.45) is 11.8 Å². The van der Waals surface area contributed by atoms with Crippen molar-refractivity contribution in [3.8, 4) is 0 Å². The van der Waals surface area contributed by atoms with Crippen LogP contribution in [0, 0.1) is 11.8 Å². The maximum atomic E-state index is 12.4. The topological polar surface area (TPSA) is 49.4 Å². The van der Waals surface area contributed by atoms with Gasteiger partial charge in [-0.2, -0.15) is 0 Å². The third-order valence-corrected chi connectivity index (χ3v) is 4.92. The molecule has 1 aliphatic carbocycles. The van der Waals surface area contributed by atoms with Crippen molar-refractivity contribution in [3.63, 3.8) is 0 Å². The molecule has 0 bridgehead atoms. The molecule has 0 radical (unpaired) electrons. The average molecular weight is 300 g/mol. The van der Waals surface area contributed by atoms with Gasteiger partial charge in [0.15, 0.2) is 0 Å². The highest BCUT2D eigenvalue weighted by Gasteiger charge is 2.31. The van der Waals surface area contributed by atoms with Crippen molar-refractivity contribution >= 4 is 17.5 Å². The Hall–Kier alpha value is -1.84. The summed E-state index contributed by atoms with van der Waals surface area (Å²) in [6.45, 7) is 1.45. The van der Waals surface area contributed by atoms with E-state index in [4.69, 9.17) is 0 Å². The van der Waals surface area contributed by atoms with Crippen molar-refractivity contribution in [3.05, 3.63) is 30.3 Å². The van der Waals surface area contributed by atoms with Crippen molar-refractivity contribution in [2.45, 2.75) is 38.5 Å². The monoisotopic (exact) mass is 300 g/mol. The third-order valence-electron chi connectivity index (χ3n) is 4.92. The van der Waals surface area contributed by atoms with Gasteiger partial charge in [-0.1, -0.05) is 31.0 Å². The van der Waals surface area contributed by atoms with Gasteiger partial charge in [-0.05, 0) is 37.8 Å². The van der Waals surface area contributed by atoms with Crippen LogP contribution in [0.5, 0.6) is 0 Å². The molecule has 1 aliphatic heterocycles. The number of piperidine rings is 1. The van der Waals surface area contributed by atoms with Gasteiger partial charge in [0.2, 0.25) is 11.8 Å². The molecule has 1 saturated heterocycles. The first-order valence-electron chi connectivity index (χ1n) is 8.39. The van der Waals surface area contributed by atoms with E-state index in [0.29, 0.717) is 5.91 Å². The zero-order valence-corrected chi connectivity index (χ0v) is 13.0. The Morgan fingerprint density at radius 3 is 2.18 bits per heavy atom. The van der Waals surface area contributed by atoms with E-state index >= 15 is 0 Å². The van der Waals surface area contributed by atoms with E-state index in [9.17, 15) is 9.59 Å². The van der Waals surface area contributed by atoms with Crippen LogP contribution in [0.2, 0.25) is 0 Å². The third kappa shape index (κ3) is 3.49. The summed E-state index contributed by atoms with van der Waals surface area (Å²) in [5, 5.41) is 2.97. The number of hydrogen-bond acceptors (Lipinski definition) is 2. The number of hydrogen-bond donors (Lipinski definition) is 1. The minimum atomic E-state index is 0.0211. The Balaban J connectivity index is 1.48. The van der Waals surface area contributed by atoms with Crippen molar-refractivity contribution in [1.82, 2.24) is 4.90 Å². The Kier molecular flexibility index (Phi) is 4.76. The minimum Gasteiger partial charge on any atom is -0.342 e. The van der Waals surface area contributed by atoms with E-state index in [2.05, 4.69) is 5.32 Å². The number of carbonyl (C=O) groups is 2. The fourth-order valence-corrected chi connectivity index (χ4v) is 3.56. The van der Waals surface area contributed by atoms with Gasteiger partial charge in [0.05, 0.1) is 0 Å². The summed E-state index contributed by atoms with van der Waals surface area (Å²) in [6, 6.07) is 9.56. The average Bonchev–Trinajstić information content (AvgIpc) is 3.10. The Labute approximate surface area is 131 Å². The van der Waals surface area contributed by atoms with Crippen LogP contribution < -0.4 is 5.32 Å². The highest BCUT2D eigenvalue weighted by atomic mass is 16.2. The Bertz CT molecular complexity index is 515. The van der Waals surface area contributed by atoms with E-state index in [1.54, 1.807) is 0 Å². The van der Waals surface area contributed by atoms with Crippen LogP contribution in [0.3, 0.4) is 0 Å². The second-order valence-corrected chi connectivity index (χ2v) is 6.44. The molecule has 118 valence electrons. The second kappa shape index (κ2) is 6.95. The molecular weight excluding hydrogens is 276 g/mol. The molecule has 2 amide bonds. The van der Waals surface area contributed by atoms with Gasteiger partial charge in [-0.3, -0.25) is 9.59 Å². The summed E-state index contributed by atoms with van der Waals surface area (Å²) >= 11 is 0. The van der Waals surface area contributed by atoms with Crippen LogP contribution in [0.1, 0.15) is 38.5 Å². The molecular formula is C18H24N2O2. The number of likely N-dealkylation sites (tertiary alicyclic amines) is 1. The molecule has 1 heterocycles. The standard InChI is InChI=1S/C18H24N2O2/c21-17(19-16-8-2-1-3-9-16)14-10-12-20(13-11-14)18(22)15-6-4-5-7-15/h1-3,8-9,14-15H,4-7,10-13H2,(H,19,21). The Morgan fingerprint density at radius 2 is 1.55 bits per heavy atom. The predicted octanol–water partition coefficient (Wildman–Crippen LogP) is 3.05. The molecule has 2 fully saturated rings. The number of carbonyl (C=O) groups excluding carboxylic acids is 2. The molecule has 2 aliphatic rings. The molecule has 22 heavy (non-hydrogen) atoms. The maximum Gasteiger partial charge on any atom is 0.227 e. The molecule has 0 spiro atoms. The summed E-state index contributed by atoms with van der Waals surface area (Å²) < 4.78 is 0. The highest BCUT2D eigenvalue weighted by Crippen LogP contribution is 2.28. The van der Waals surface area contributed by atoms with Crippen LogP contribution in [0.25, 0.3) is 0 Å². The van der Waals surface area contributed by atoms with Gasteiger partial charge in [-0.15, -0.1) is 0 Å². The fourth-order valence-electron chi connectivity index (χ4n) is 3.56. The van der Waals surface area contributed by atoms with Crippen molar-refractivity contribution < 1.29 is 9.59 Å². The van der Waals surface area contributed by atoms with E-state index in [0.717, 1.165) is 44.5 Å². The molecule has 1 aromatic rings. The smallest absolute Gasteiger partial charge is 0.227 e. The second-order valence-electron chi connectivity index (χ2n) is 6.44. The number of amides is 2. The molecule has 0 unspecified atom stereocenters. The van der Waals surface area contributed by atoms with Gasteiger partial charge >= 0.3 is 0 Å². The maximum absolute atomic E-state index is 12.4. The summed E-state index contributed by atoms with van der Waals surface area (Å²) in [5.74, 6) is 0.668. The number of rotatable bonds is 3. The lowest BCUT2D eigenvalue weighted by atomic mass is 9.94. The lowest BCUT2D eigenvalue weighted by Gasteiger charge is -2.33. The fraction of sp³-hybridized carbons (Fsp3) is 0.556. The number of anilines is 1. The Morgan fingerprint density at radius 1 is 0.909 bits per heavy atom. The molecule has 4 heteroatoms. The molecule has 3 rings (SSSR count). The van der Waals surface area contributed by atoms with Gasteiger partial charge in [0.1, 0.15) is 0 Å². The molecule has 0 aromatic heterocycles. The lowest BCUT2D eigenvalue weighted by molar-refractivity contribution is -0.138. The highest BCUT2D eigenvalue weighted by molar-refractivity contribution is 5.92. The normalized spacial score (nSPS) is 20.1. The van der Waals surface area contributed by atoms with Crippen LogP contribution in [0.15, 0.2) is 30.3 Å². The van der Waals surface area contributed by atoms with Crippen LogP contribution in [-0.4, -0.2) is 29.8 Å². The molecule has 1 N–H and O–H groups in total. The van der Waals surface area contributed by atoms with Gasteiger partial charge in [0.25, 0.3) is 0 Å². The number of nitrogens with zero attached hydrogens (tertiary/aromatic N) is 1.